The fourth-order valence-electron chi connectivity index (χ4n) is 13.1. The highest BCUT2D eigenvalue weighted by Gasteiger charge is 2.44. The Balaban J connectivity index is 0.863. The summed E-state index contributed by atoms with van der Waals surface area (Å²) in [7, 11) is 0. The van der Waals surface area contributed by atoms with Gasteiger partial charge in [0.2, 0.25) is 0 Å². The Hall–Kier alpha value is -9.92. The summed E-state index contributed by atoms with van der Waals surface area (Å²) in [6.45, 7) is -0.0301. The zero-order chi connectivity index (χ0) is 53.1. The molecule has 2 aliphatic rings. The Morgan fingerprint density at radius 1 is 0.259 bits per heavy atom. The lowest BCUT2D eigenvalue weighted by Gasteiger charge is -2.44. The number of hydrogen-bond acceptors (Lipinski definition) is 6. The van der Waals surface area contributed by atoms with Gasteiger partial charge in [0.05, 0.1) is 0 Å². The molecule has 0 bridgehead atoms. The summed E-state index contributed by atoms with van der Waals surface area (Å²) >= 11 is 3.82. The highest BCUT2D eigenvalue weighted by molar-refractivity contribution is 7.26. The minimum absolute atomic E-state index is 0.0301. The van der Waals surface area contributed by atoms with Gasteiger partial charge in [-0.2, -0.15) is 0 Å². The van der Waals surface area contributed by atoms with Gasteiger partial charge in [-0.1, -0.05) is 127 Å². The lowest BCUT2D eigenvalue weighted by Crippen LogP contribution is -2.61. The SMILES string of the molecule is c1ccc(N(c2ccccc2)c2ccc3cc4c(cc3c2)sc2cc3c(cc24)N(c2ccccc2)c2cccc4c2B3c2cc3sc5cc6cc(N(c7ccccc7)c7ccccc7)ccc6cc5c3cc2N4c2ccccc2)cc1. The molecule has 0 saturated carbocycles. The highest BCUT2D eigenvalue weighted by atomic mass is 32.1. The van der Waals surface area contributed by atoms with Gasteiger partial charge < -0.3 is 19.6 Å². The topological polar surface area (TPSA) is 13.0 Å². The van der Waals surface area contributed by atoms with Crippen LogP contribution in [0.25, 0.3) is 61.9 Å². The zero-order valence-corrected chi connectivity index (χ0v) is 45.5. The molecule has 0 spiro atoms. The second kappa shape index (κ2) is 18.3. The van der Waals surface area contributed by atoms with Crippen molar-refractivity contribution in [1.82, 2.24) is 0 Å². The summed E-state index contributed by atoms with van der Waals surface area (Å²) < 4.78 is 5.15. The van der Waals surface area contributed by atoms with Crippen molar-refractivity contribution in [2.24, 2.45) is 0 Å². The monoisotopic (exact) mass is 1070 g/mol. The summed E-state index contributed by atoms with van der Waals surface area (Å²) in [5.41, 5.74) is 17.9. The van der Waals surface area contributed by atoms with Gasteiger partial charge in [-0.05, 0) is 196 Å². The van der Waals surface area contributed by atoms with Crippen molar-refractivity contribution < 1.29 is 0 Å². The van der Waals surface area contributed by atoms with Gasteiger partial charge in [0.15, 0.2) is 0 Å². The minimum Gasteiger partial charge on any atom is -0.311 e. The van der Waals surface area contributed by atoms with E-state index in [1.807, 2.05) is 22.7 Å². The molecule has 378 valence electrons. The van der Waals surface area contributed by atoms with Gasteiger partial charge in [-0.15, -0.1) is 22.7 Å². The third kappa shape index (κ3) is 7.36. The van der Waals surface area contributed by atoms with Crippen molar-refractivity contribution >= 4 is 176 Å². The van der Waals surface area contributed by atoms with E-state index in [1.54, 1.807) is 0 Å². The predicted molar refractivity (Wildman–Crippen MR) is 351 cm³/mol. The number of para-hydroxylation sites is 6. The molecule has 7 heteroatoms. The van der Waals surface area contributed by atoms with E-state index in [0.717, 1.165) is 45.5 Å². The molecule has 17 rings (SSSR count). The van der Waals surface area contributed by atoms with Gasteiger partial charge in [-0.25, -0.2) is 0 Å². The molecule has 2 aliphatic heterocycles. The van der Waals surface area contributed by atoms with Gasteiger partial charge in [0, 0.05) is 109 Å². The van der Waals surface area contributed by atoms with Crippen LogP contribution in [0.1, 0.15) is 0 Å². The molecule has 15 aromatic rings. The largest absolute Gasteiger partial charge is 0.311 e. The van der Waals surface area contributed by atoms with Gasteiger partial charge in [-0.3, -0.25) is 0 Å². The van der Waals surface area contributed by atoms with Gasteiger partial charge in [0.25, 0.3) is 6.71 Å². The van der Waals surface area contributed by atoms with Crippen LogP contribution < -0.4 is 36.0 Å². The van der Waals surface area contributed by atoms with Crippen LogP contribution in [0.5, 0.6) is 0 Å². The fraction of sp³-hybridized carbons (Fsp3) is 0. The summed E-state index contributed by atoms with van der Waals surface area (Å²) in [6.07, 6.45) is 0. The third-order valence-electron chi connectivity index (χ3n) is 16.7. The van der Waals surface area contributed by atoms with Crippen molar-refractivity contribution in [3.63, 3.8) is 0 Å². The number of anilines is 12. The normalized spacial score (nSPS) is 12.6. The number of nitrogens with zero attached hydrogens (tertiary/aromatic N) is 4. The van der Waals surface area contributed by atoms with E-state index in [0.29, 0.717) is 0 Å². The van der Waals surface area contributed by atoms with Gasteiger partial charge in [0.1, 0.15) is 0 Å². The first-order valence-electron chi connectivity index (χ1n) is 27.7. The average Bonchev–Trinajstić information content (AvgIpc) is 4.26. The summed E-state index contributed by atoms with van der Waals surface area (Å²) in [6, 6.07) is 105. The van der Waals surface area contributed by atoms with E-state index >= 15 is 0 Å². The van der Waals surface area contributed by atoms with E-state index in [2.05, 4.69) is 305 Å². The molecular formula is C74H47BN4S2. The second-order valence-corrected chi connectivity index (χ2v) is 23.4. The molecule has 0 unspecified atom stereocenters. The van der Waals surface area contributed by atoms with E-state index in [4.69, 9.17) is 0 Å². The highest BCUT2D eigenvalue weighted by Crippen LogP contribution is 2.49. The third-order valence-corrected chi connectivity index (χ3v) is 18.9. The molecule has 0 amide bonds. The molecule has 0 saturated heterocycles. The number of benzene rings is 13. The molecular weight excluding hydrogens is 1020 g/mol. The van der Waals surface area contributed by atoms with Crippen molar-refractivity contribution in [1.29, 1.82) is 0 Å². The number of thiophene rings is 2. The molecule has 0 fully saturated rings. The van der Waals surface area contributed by atoms with E-state index in [9.17, 15) is 0 Å². The number of rotatable bonds is 8. The first kappa shape index (κ1) is 46.0. The lowest BCUT2D eigenvalue weighted by molar-refractivity contribution is 1.26. The molecule has 13 aromatic carbocycles. The zero-order valence-electron chi connectivity index (χ0n) is 43.8. The molecule has 0 atom stereocenters. The molecule has 4 heterocycles. The molecule has 2 aromatic heterocycles. The smallest absolute Gasteiger partial charge is 0.252 e. The van der Waals surface area contributed by atoms with Crippen LogP contribution in [0, 0.1) is 0 Å². The maximum Gasteiger partial charge on any atom is 0.252 e. The summed E-state index contributed by atoms with van der Waals surface area (Å²) in [5, 5.41) is 10.0. The van der Waals surface area contributed by atoms with E-state index in [-0.39, 0.29) is 6.71 Å². The van der Waals surface area contributed by atoms with Crippen LogP contribution in [0.15, 0.2) is 285 Å². The maximum atomic E-state index is 2.55. The quantitative estimate of drug-likeness (QED) is 0.141. The lowest BCUT2D eigenvalue weighted by atomic mass is 9.33. The van der Waals surface area contributed by atoms with E-state index < -0.39 is 0 Å². The van der Waals surface area contributed by atoms with Crippen LogP contribution in [0.2, 0.25) is 0 Å². The van der Waals surface area contributed by atoms with Crippen LogP contribution in [0.4, 0.5) is 68.2 Å². The van der Waals surface area contributed by atoms with Crippen LogP contribution in [-0.2, 0) is 0 Å². The van der Waals surface area contributed by atoms with Crippen LogP contribution >= 0.6 is 22.7 Å². The first-order valence-corrected chi connectivity index (χ1v) is 29.3. The van der Waals surface area contributed by atoms with Crippen molar-refractivity contribution in [2.75, 3.05) is 19.6 Å². The van der Waals surface area contributed by atoms with Crippen molar-refractivity contribution in [2.45, 2.75) is 0 Å². The van der Waals surface area contributed by atoms with Gasteiger partial charge >= 0.3 is 0 Å². The van der Waals surface area contributed by atoms with Crippen molar-refractivity contribution in [3.05, 3.63) is 285 Å². The average molecular weight is 1070 g/mol. The Morgan fingerprint density at radius 2 is 0.605 bits per heavy atom. The van der Waals surface area contributed by atoms with Crippen LogP contribution in [0.3, 0.4) is 0 Å². The number of hydrogen-bond donors (Lipinski definition) is 0. The van der Waals surface area contributed by atoms with Crippen molar-refractivity contribution in [3.8, 4) is 0 Å². The second-order valence-electron chi connectivity index (χ2n) is 21.3. The Labute approximate surface area is 477 Å². The van der Waals surface area contributed by atoms with Crippen LogP contribution in [-0.4, -0.2) is 6.71 Å². The summed E-state index contributed by atoms with van der Waals surface area (Å²) in [4.78, 5) is 9.77. The Kier molecular flexibility index (Phi) is 10.4. The molecule has 81 heavy (non-hydrogen) atoms. The summed E-state index contributed by atoms with van der Waals surface area (Å²) in [5.74, 6) is 0. The number of fused-ring (bicyclic) bond motifs is 12. The fourth-order valence-corrected chi connectivity index (χ4v) is 15.5. The molecule has 0 N–H and O–H groups in total. The molecule has 0 aliphatic carbocycles. The predicted octanol–water partition coefficient (Wildman–Crippen LogP) is 19.8. The molecule has 0 radical (unpaired) electrons. The Morgan fingerprint density at radius 3 is 0.988 bits per heavy atom. The maximum absolute atomic E-state index is 2.55. The minimum atomic E-state index is -0.0301. The first-order chi connectivity index (χ1) is 40.1. The standard InChI is InChI=1S/C74H47BN4S2/c1-7-20-52(21-8-1)76(53-22-9-2-10-23-53)58-36-34-48-40-60-62-44-68-64(46-72(62)80-70(60)42-50(48)38-58)75-65-47-73-63(45-69(65)79(57-30-17-6-18-31-57)67-33-19-32-66(74(67)75)78(68)56-28-15-5-16-29-56)61-41-49-35-37-59(39-51(49)43-71(61)81-73)77(54-24-11-3-12-25-54)55-26-13-4-14-27-55/h1-47H. The molecule has 4 nitrogen and oxygen atoms in total. The Bertz CT molecular complexity index is 4570. The van der Waals surface area contributed by atoms with E-state index in [1.165, 1.54) is 101 Å².